The minimum Gasteiger partial charge on any atom is -0.497 e. The monoisotopic (exact) mass is 372 g/mol. The Labute approximate surface area is 158 Å². The molecule has 0 aromatic heterocycles. The van der Waals surface area contributed by atoms with Gasteiger partial charge in [0.05, 0.1) is 14.2 Å². The molecular formula is C20H24N2O5. The van der Waals surface area contributed by atoms with Gasteiger partial charge in [-0.05, 0) is 42.0 Å². The zero-order valence-corrected chi connectivity index (χ0v) is 15.9. The molecule has 2 amide bonds. The van der Waals surface area contributed by atoms with Crippen molar-refractivity contribution in [1.82, 2.24) is 10.2 Å². The van der Waals surface area contributed by atoms with E-state index in [9.17, 15) is 9.59 Å². The Morgan fingerprint density at radius 2 is 1.67 bits per heavy atom. The van der Waals surface area contributed by atoms with Crippen molar-refractivity contribution in [2.75, 3.05) is 34.9 Å². The molecule has 7 heteroatoms. The van der Waals surface area contributed by atoms with Crippen LogP contribution in [0.15, 0.2) is 42.5 Å². The van der Waals surface area contributed by atoms with Crippen molar-refractivity contribution in [2.45, 2.75) is 6.54 Å². The van der Waals surface area contributed by atoms with Crippen LogP contribution < -0.4 is 19.5 Å². The van der Waals surface area contributed by atoms with E-state index in [2.05, 4.69) is 5.32 Å². The lowest BCUT2D eigenvalue weighted by Gasteiger charge is -2.14. The zero-order valence-electron chi connectivity index (χ0n) is 15.9. The molecule has 27 heavy (non-hydrogen) atoms. The standard InChI is InChI=1S/C20H24N2O5/c1-22(2)19(23)13-27-17-10-5-14(11-18(17)26-4)12-21-20(24)15-6-8-16(25-3)9-7-15/h5-11H,12-13H2,1-4H3,(H,21,24). The van der Waals surface area contributed by atoms with Crippen LogP contribution in [0.4, 0.5) is 0 Å². The van der Waals surface area contributed by atoms with Crippen LogP contribution in [0.5, 0.6) is 17.2 Å². The van der Waals surface area contributed by atoms with Crippen molar-refractivity contribution in [3.05, 3.63) is 53.6 Å². The lowest BCUT2D eigenvalue weighted by molar-refractivity contribution is -0.130. The Morgan fingerprint density at radius 3 is 2.26 bits per heavy atom. The normalized spacial score (nSPS) is 10.1. The van der Waals surface area contributed by atoms with Gasteiger partial charge in [-0.1, -0.05) is 6.07 Å². The van der Waals surface area contributed by atoms with Crippen LogP contribution in [0.1, 0.15) is 15.9 Å². The lowest BCUT2D eigenvalue weighted by Crippen LogP contribution is -2.27. The van der Waals surface area contributed by atoms with E-state index in [1.54, 1.807) is 57.6 Å². The summed E-state index contributed by atoms with van der Waals surface area (Å²) in [5.41, 5.74) is 1.39. The fourth-order valence-electron chi connectivity index (χ4n) is 2.24. The van der Waals surface area contributed by atoms with Gasteiger partial charge in [-0.25, -0.2) is 0 Å². The van der Waals surface area contributed by atoms with Crippen molar-refractivity contribution in [3.8, 4) is 17.2 Å². The Balaban J connectivity index is 1.98. The van der Waals surface area contributed by atoms with Crippen molar-refractivity contribution >= 4 is 11.8 Å². The van der Waals surface area contributed by atoms with E-state index in [0.717, 1.165) is 5.56 Å². The third-order valence-electron chi connectivity index (χ3n) is 3.88. The van der Waals surface area contributed by atoms with Crippen LogP contribution in [0.25, 0.3) is 0 Å². The smallest absolute Gasteiger partial charge is 0.259 e. The van der Waals surface area contributed by atoms with Crippen molar-refractivity contribution in [2.24, 2.45) is 0 Å². The van der Waals surface area contributed by atoms with Gasteiger partial charge in [-0.2, -0.15) is 0 Å². The van der Waals surface area contributed by atoms with Crippen LogP contribution in [-0.4, -0.2) is 51.6 Å². The SMILES string of the molecule is COc1ccc(C(=O)NCc2ccc(OCC(=O)N(C)C)c(OC)c2)cc1. The van der Waals surface area contributed by atoms with E-state index in [1.807, 2.05) is 6.07 Å². The highest BCUT2D eigenvalue weighted by molar-refractivity contribution is 5.94. The number of carbonyl (C=O) groups excluding carboxylic acids is 2. The molecule has 0 unspecified atom stereocenters. The molecule has 144 valence electrons. The third kappa shape index (κ3) is 5.64. The van der Waals surface area contributed by atoms with Crippen LogP contribution in [0.2, 0.25) is 0 Å². The first kappa shape index (κ1) is 20.1. The van der Waals surface area contributed by atoms with E-state index >= 15 is 0 Å². The van der Waals surface area contributed by atoms with Gasteiger partial charge >= 0.3 is 0 Å². The summed E-state index contributed by atoms with van der Waals surface area (Å²) in [5, 5.41) is 2.85. The molecule has 1 N–H and O–H groups in total. The molecule has 2 rings (SSSR count). The van der Waals surface area contributed by atoms with Crippen LogP contribution in [0, 0.1) is 0 Å². The van der Waals surface area contributed by atoms with Crippen molar-refractivity contribution in [3.63, 3.8) is 0 Å². The number of rotatable bonds is 8. The number of nitrogens with zero attached hydrogens (tertiary/aromatic N) is 1. The molecule has 0 saturated carbocycles. The molecule has 0 radical (unpaired) electrons. The van der Waals surface area contributed by atoms with E-state index in [1.165, 1.54) is 12.0 Å². The fraction of sp³-hybridized carbons (Fsp3) is 0.300. The van der Waals surface area contributed by atoms with E-state index in [4.69, 9.17) is 14.2 Å². The maximum atomic E-state index is 12.2. The van der Waals surface area contributed by atoms with Gasteiger partial charge in [-0.3, -0.25) is 9.59 Å². The van der Waals surface area contributed by atoms with E-state index < -0.39 is 0 Å². The first-order valence-corrected chi connectivity index (χ1v) is 8.36. The number of hydrogen-bond donors (Lipinski definition) is 1. The maximum Gasteiger partial charge on any atom is 0.259 e. The number of ether oxygens (including phenoxy) is 3. The first-order chi connectivity index (χ1) is 12.9. The molecule has 0 atom stereocenters. The second-order valence-corrected chi connectivity index (χ2v) is 5.97. The molecule has 0 heterocycles. The third-order valence-corrected chi connectivity index (χ3v) is 3.88. The van der Waals surface area contributed by atoms with Gasteiger partial charge in [0.2, 0.25) is 0 Å². The summed E-state index contributed by atoms with van der Waals surface area (Å²) in [4.78, 5) is 25.3. The molecular weight excluding hydrogens is 348 g/mol. The second-order valence-electron chi connectivity index (χ2n) is 5.97. The van der Waals surface area contributed by atoms with Crippen molar-refractivity contribution in [1.29, 1.82) is 0 Å². The molecule has 2 aromatic rings. The summed E-state index contributed by atoms with van der Waals surface area (Å²) in [6, 6.07) is 12.2. The Kier molecular flexibility index (Phi) is 7.05. The minimum atomic E-state index is -0.187. The summed E-state index contributed by atoms with van der Waals surface area (Å²) in [7, 11) is 6.43. The average Bonchev–Trinajstić information content (AvgIpc) is 2.70. The number of amides is 2. The first-order valence-electron chi connectivity index (χ1n) is 8.36. The van der Waals surface area contributed by atoms with Gasteiger partial charge in [0.25, 0.3) is 11.8 Å². The fourth-order valence-corrected chi connectivity index (χ4v) is 2.24. The van der Waals surface area contributed by atoms with Crippen LogP contribution in [-0.2, 0) is 11.3 Å². The summed E-state index contributed by atoms with van der Waals surface area (Å²) < 4.78 is 15.9. The molecule has 0 bridgehead atoms. The molecule has 7 nitrogen and oxygen atoms in total. The molecule has 0 saturated heterocycles. The Hall–Kier alpha value is -3.22. The van der Waals surface area contributed by atoms with Gasteiger partial charge in [0.1, 0.15) is 5.75 Å². The molecule has 0 aliphatic heterocycles. The van der Waals surface area contributed by atoms with E-state index in [-0.39, 0.29) is 18.4 Å². The Bertz CT molecular complexity index is 787. The van der Waals surface area contributed by atoms with Crippen molar-refractivity contribution < 1.29 is 23.8 Å². The van der Waals surface area contributed by atoms with Crippen LogP contribution in [0.3, 0.4) is 0 Å². The number of methoxy groups -OCH3 is 2. The summed E-state index contributed by atoms with van der Waals surface area (Å²) in [6.07, 6.45) is 0. The molecule has 0 aliphatic carbocycles. The quantitative estimate of drug-likeness (QED) is 0.768. The van der Waals surface area contributed by atoms with Gasteiger partial charge in [0, 0.05) is 26.2 Å². The van der Waals surface area contributed by atoms with E-state index in [0.29, 0.717) is 29.4 Å². The molecule has 0 aliphatic rings. The number of carbonyl (C=O) groups is 2. The Morgan fingerprint density at radius 1 is 0.963 bits per heavy atom. The summed E-state index contributed by atoms with van der Waals surface area (Å²) in [5.74, 6) is 1.33. The number of likely N-dealkylation sites (N-methyl/N-ethyl adjacent to an activating group) is 1. The largest absolute Gasteiger partial charge is 0.497 e. The van der Waals surface area contributed by atoms with Gasteiger partial charge in [-0.15, -0.1) is 0 Å². The van der Waals surface area contributed by atoms with Gasteiger partial charge < -0.3 is 24.4 Å². The number of nitrogens with one attached hydrogen (secondary N) is 1. The highest BCUT2D eigenvalue weighted by Gasteiger charge is 2.11. The summed E-state index contributed by atoms with van der Waals surface area (Å²) in [6.45, 7) is 0.259. The number of benzene rings is 2. The highest BCUT2D eigenvalue weighted by atomic mass is 16.5. The summed E-state index contributed by atoms with van der Waals surface area (Å²) >= 11 is 0. The van der Waals surface area contributed by atoms with Crippen LogP contribution >= 0.6 is 0 Å². The minimum absolute atomic E-state index is 0.0725. The predicted molar refractivity (Wildman–Crippen MR) is 101 cm³/mol. The number of hydrogen-bond acceptors (Lipinski definition) is 5. The maximum absolute atomic E-state index is 12.2. The van der Waals surface area contributed by atoms with Gasteiger partial charge in [0.15, 0.2) is 18.1 Å². The topological polar surface area (TPSA) is 77.1 Å². The molecule has 0 spiro atoms. The lowest BCUT2D eigenvalue weighted by atomic mass is 10.1. The highest BCUT2D eigenvalue weighted by Crippen LogP contribution is 2.28. The molecule has 0 fully saturated rings. The zero-order chi connectivity index (χ0) is 19.8. The predicted octanol–water partition coefficient (Wildman–Crippen LogP) is 2.10. The second kappa shape index (κ2) is 9.47. The molecule has 2 aromatic carbocycles. The average molecular weight is 372 g/mol.